The van der Waals surface area contributed by atoms with Crippen molar-refractivity contribution in [2.75, 3.05) is 31.1 Å². The van der Waals surface area contributed by atoms with E-state index < -0.39 is 0 Å². The molecule has 2 unspecified atom stereocenters. The lowest BCUT2D eigenvalue weighted by Crippen LogP contribution is -2.25. The van der Waals surface area contributed by atoms with Crippen molar-refractivity contribution >= 4 is 11.4 Å². The third-order valence-electron chi connectivity index (χ3n) is 4.21. The van der Waals surface area contributed by atoms with Crippen molar-refractivity contribution in [2.45, 2.75) is 20.0 Å². The molecule has 6 nitrogen and oxygen atoms in total. The normalized spacial score (nSPS) is 24.4. The third kappa shape index (κ3) is 2.95. The van der Waals surface area contributed by atoms with E-state index >= 15 is 0 Å². The van der Waals surface area contributed by atoms with Gasteiger partial charge in [-0.15, -0.1) is 0 Å². The quantitative estimate of drug-likeness (QED) is 0.679. The van der Waals surface area contributed by atoms with E-state index in [2.05, 4.69) is 10.2 Å². The topological polar surface area (TPSA) is 67.6 Å². The molecule has 0 radical (unpaired) electrons. The van der Waals surface area contributed by atoms with Crippen LogP contribution in [0.25, 0.3) is 0 Å². The molecule has 114 valence electrons. The number of ether oxygens (including phenoxy) is 1. The van der Waals surface area contributed by atoms with Crippen LogP contribution in [0.1, 0.15) is 13.8 Å². The largest absolute Gasteiger partial charge is 0.491 e. The Labute approximate surface area is 124 Å². The molecule has 0 aromatic heterocycles. The van der Waals surface area contributed by atoms with Crippen molar-refractivity contribution in [3.05, 3.63) is 28.3 Å². The second-order valence-corrected chi connectivity index (χ2v) is 6.19. The number of nitro benzene ring substituents is 1. The molecule has 3 rings (SSSR count). The van der Waals surface area contributed by atoms with Gasteiger partial charge in [0.05, 0.1) is 17.1 Å². The van der Waals surface area contributed by atoms with Crippen LogP contribution < -0.4 is 15.0 Å². The molecule has 0 aliphatic carbocycles. The number of non-ortho nitro benzene ring substituents is 1. The molecule has 21 heavy (non-hydrogen) atoms. The van der Waals surface area contributed by atoms with Gasteiger partial charge in [-0.1, -0.05) is 0 Å². The van der Waals surface area contributed by atoms with Crippen LogP contribution in [-0.4, -0.2) is 37.2 Å². The van der Waals surface area contributed by atoms with Crippen LogP contribution >= 0.6 is 0 Å². The third-order valence-corrected chi connectivity index (χ3v) is 4.21. The molecule has 1 aromatic carbocycles. The van der Waals surface area contributed by atoms with Crippen LogP contribution in [0.3, 0.4) is 0 Å². The molecule has 1 aromatic rings. The first-order chi connectivity index (χ1) is 10.0. The van der Waals surface area contributed by atoms with E-state index in [0.29, 0.717) is 17.6 Å². The van der Waals surface area contributed by atoms with Gasteiger partial charge in [0.25, 0.3) is 5.69 Å². The average Bonchev–Trinajstić information content (AvgIpc) is 2.97. The van der Waals surface area contributed by atoms with E-state index in [4.69, 9.17) is 4.74 Å². The Bertz CT molecular complexity index is 535. The fraction of sp³-hybridized carbons (Fsp3) is 0.600. The first-order valence-corrected chi connectivity index (χ1v) is 7.44. The zero-order valence-corrected chi connectivity index (χ0v) is 12.4. The second kappa shape index (κ2) is 5.52. The molecule has 1 N–H and O–H groups in total. The van der Waals surface area contributed by atoms with Crippen LogP contribution in [0.2, 0.25) is 0 Å². The smallest absolute Gasteiger partial charge is 0.275 e. The second-order valence-electron chi connectivity index (χ2n) is 6.19. The van der Waals surface area contributed by atoms with Gasteiger partial charge in [-0.3, -0.25) is 10.1 Å². The molecule has 2 aliphatic rings. The van der Waals surface area contributed by atoms with Crippen LogP contribution in [-0.2, 0) is 0 Å². The number of nitrogens with one attached hydrogen (secondary N) is 1. The van der Waals surface area contributed by atoms with Crippen LogP contribution in [0.4, 0.5) is 11.4 Å². The van der Waals surface area contributed by atoms with Gasteiger partial charge in [-0.2, -0.15) is 0 Å². The number of benzene rings is 1. The average molecular weight is 291 g/mol. The monoisotopic (exact) mass is 291 g/mol. The SMILES string of the molecule is CC(C)Oc1cc(N2CC3CNCC3C2)cc([N+](=O)[O-])c1. The Kier molecular flexibility index (Phi) is 3.71. The van der Waals surface area contributed by atoms with Gasteiger partial charge in [0.15, 0.2) is 0 Å². The summed E-state index contributed by atoms with van der Waals surface area (Å²) in [6.45, 7) is 7.85. The Morgan fingerprint density at radius 3 is 2.52 bits per heavy atom. The molecular formula is C15H21N3O3. The molecule has 0 spiro atoms. The maximum atomic E-state index is 11.1. The highest BCUT2D eigenvalue weighted by Gasteiger charge is 2.36. The highest BCUT2D eigenvalue weighted by atomic mass is 16.6. The zero-order valence-electron chi connectivity index (χ0n) is 12.4. The minimum Gasteiger partial charge on any atom is -0.491 e. The van der Waals surface area contributed by atoms with Gasteiger partial charge < -0.3 is 15.0 Å². The summed E-state index contributed by atoms with van der Waals surface area (Å²) < 4.78 is 5.66. The zero-order chi connectivity index (χ0) is 15.0. The van der Waals surface area contributed by atoms with Gasteiger partial charge in [0.2, 0.25) is 0 Å². The van der Waals surface area contributed by atoms with E-state index in [1.807, 2.05) is 19.9 Å². The Morgan fingerprint density at radius 2 is 1.95 bits per heavy atom. The van der Waals surface area contributed by atoms with Gasteiger partial charge in [-0.05, 0) is 25.7 Å². The molecule has 2 aliphatic heterocycles. The Hall–Kier alpha value is -1.82. The fourth-order valence-electron chi connectivity index (χ4n) is 3.26. The molecule has 2 heterocycles. The van der Waals surface area contributed by atoms with Gasteiger partial charge >= 0.3 is 0 Å². The maximum Gasteiger partial charge on any atom is 0.275 e. The molecular weight excluding hydrogens is 270 g/mol. The summed E-state index contributed by atoms with van der Waals surface area (Å²) in [7, 11) is 0. The van der Waals surface area contributed by atoms with Crippen molar-refractivity contribution in [3.8, 4) is 5.75 Å². The molecule has 2 atom stereocenters. The number of hydrogen-bond donors (Lipinski definition) is 1. The predicted octanol–water partition coefficient (Wildman–Crippen LogP) is 2.04. The molecule has 0 saturated carbocycles. The van der Waals surface area contributed by atoms with Crippen molar-refractivity contribution in [1.29, 1.82) is 0 Å². The van der Waals surface area contributed by atoms with E-state index in [-0.39, 0.29) is 16.7 Å². The summed E-state index contributed by atoms with van der Waals surface area (Å²) in [5, 5.41) is 14.5. The summed E-state index contributed by atoms with van der Waals surface area (Å²) in [4.78, 5) is 13.0. The van der Waals surface area contributed by atoms with Crippen molar-refractivity contribution < 1.29 is 9.66 Å². The number of nitro groups is 1. The minimum atomic E-state index is -0.352. The van der Waals surface area contributed by atoms with Crippen molar-refractivity contribution in [2.24, 2.45) is 11.8 Å². The molecule has 0 amide bonds. The number of fused-ring (bicyclic) bond motifs is 1. The van der Waals surface area contributed by atoms with Gasteiger partial charge in [0.1, 0.15) is 5.75 Å². The molecule has 2 fully saturated rings. The Balaban J connectivity index is 1.86. The minimum absolute atomic E-state index is 0.00186. The molecule has 2 saturated heterocycles. The van der Waals surface area contributed by atoms with E-state index in [1.54, 1.807) is 6.07 Å². The number of nitrogens with zero attached hydrogens (tertiary/aromatic N) is 2. The standard InChI is InChI=1S/C15H21N3O3/c1-10(2)21-15-4-13(3-14(5-15)18(19)20)17-8-11-6-16-7-12(11)9-17/h3-5,10-12,16H,6-9H2,1-2H3. The predicted molar refractivity (Wildman–Crippen MR) is 80.9 cm³/mol. The summed E-state index contributed by atoms with van der Waals surface area (Å²) in [6.07, 6.45) is 0.00186. The fourth-order valence-corrected chi connectivity index (χ4v) is 3.26. The number of anilines is 1. The summed E-state index contributed by atoms with van der Waals surface area (Å²) in [6, 6.07) is 5.07. The maximum absolute atomic E-state index is 11.1. The highest BCUT2D eigenvalue weighted by molar-refractivity contribution is 5.58. The highest BCUT2D eigenvalue weighted by Crippen LogP contribution is 2.35. The summed E-state index contributed by atoms with van der Waals surface area (Å²) >= 11 is 0. The van der Waals surface area contributed by atoms with Crippen LogP contribution in [0.5, 0.6) is 5.75 Å². The molecule has 0 bridgehead atoms. The number of rotatable bonds is 4. The lowest BCUT2D eigenvalue weighted by molar-refractivity contribution is -0.384. The summed E-state index contributed by atoms with van der Waals surface area (Å²) in [5.41, 5.74) is 0.993. The van der Waals surface area contributed by atoms with E-state index in [0.717, 1.165) is 31.9 Å². The lowest BCUT2D eigenvalue weighted by atomic mass is 10.0. The van der Waals surface area contributed by atoms with Gasteiger partial charge in [0, 0.05) is 44.0 Å². The van der Waals surface area contributed by atoms with Crippen LogP contribution in [0, 0.1) is 22.0 Å². The molecule has 6 heteroatoms. The number of hydrogen-bond acceptors (Lipinski definition) is 5. The van der Waals surface area contributed by atoms with E-state index in [9.17, 15) is 10.1 Å². The first-order valence-electron chi connectivity index (χ1n) is 7.44. The first kappa shape index (κ1) is 14.1. The Morgan fingerprint density at radius 1 is 1.29 bits per heavy atom. The van der Waals surface area contributed by atoms with Crippen molar-refractivity contribution in [3.63, 3.8) is 0 Å². The van der Waals surface area contributed by atoms with E-state index in [1.165, 1.54) is 6.07 Å². The lowest BCUT2D eigenvalue weighted by Gasteiger charge is -2.21. The van der Waals surface area contributed by atoms with Gasteiger partial charge in [-0.25, -0.2) is 0 Å². The summed E-state index contributed by atoms with van der Waals surface area (Å²) in [5.74, 6) is 1.88. The van der Waals surface area contributed by atoms with Crippen molar-refractivity contribution in [1.82, 2.24) is 5.32 Å². The van der Waals surface area contributed by atoms with Crippen LogP contribution in [0.15, 0.2) is 18.2 Å².